The Morgan fingerprint density at radius 3 is 2.26 bits per heavy atom. The van der Waals surface area contributed by atoms with Crippen LogP contribution < -0.4 is 10.2 Å². The Morgan fingerprint density at radius 2 is 1.55 bits per heavy atom. The summed E-state index contributed by atoms with van der Waals surface area (Å²) in [5, 5.41) is 15.9. The fourth-order valence-corrected chi connectivity index (χ4v) is 3.87. The number of phenols is 1. The third-order valence-corrected chi connectivity index (χ3v) is 5.49. The zero-order valence-electron chi connectivity index (χ0n) is 17.7. The van der Waals surface area contributed by atoms with Gasteiger partial charge in [-0.2, -0.15) is 0 Å². The third kappa shape index (κ3) is 4.53. The first kappa shape index (κ1) is 20.5. The van der Waals surface area contributed by atoms with Crippen molar-refractivity contribution in [2.75, 3.05) is 19.0 Å². The Balaban J connectivity index is 1.76. The monoisotopic (exact) mass is 410 g/mol. The van der Waals surface area contributed by atoms with Crippen LogP contribution in [0.1, 0.15) is 22.7 Å². The van der Waals surface area contributed by atoms with Crippen LogP contribution in [-0.2, 0) is 11.2 Å². The lowest BCUT2D eigenvalue weighted by molar-refractivity contribution is -0.120. The minimum atomic E-state index is -0.474. The highest BCUT2D eigenvalue weighted by Gasteiger charge is 2.22. The molecular formula is C27H26N2O2. The number of amides is 1. The third-order valence-electron chi connectivity index (χ3n) is 5.49. The maximum Gasteiger partial charge on any atom is 0.225 e. The van der Waals surface area contributed by atoms with Gasteiger partial charge in [-0.15, -0.1) is 0 Å². The van der Waals surface area contributed by atoms with E-state index in [0.717, 1.165) is 27.6 Å². The molecule has 0 bridgehead atoms. The summed E-state index contributed by atoms with van der Waals surface area (Å²) in [5.41, 5.74) is 3.64. The summed E-state index contributed by atoms with van der Waals surface area (Å²) >= 11 is 0. The van der Waals surface area contributed by atoms with Gasteiger partial charge in [0.2, 0.25) is 5.91 Å². The second-order valence-corrected chi connectivity index (χ2v) is 7.87. The van der Waals surface area contributed by atoms with Crippen LogP contribution in [0.3, 0.4) is 0 Å². The number of fused-ring (bicyclic) bond motifs is 1. The molecule has 156 valence electrons. The van der Waals surface area contributed by atoms with Crippen molar-refractivity contribution in [2.45, 2.75) is 12.5 Å². The number of nitrogens with one attached hydrogen (secondary N) is 1. The van der Waals surface area contributed by atoms with E-state index >= 15 is 0 Å². The summed E-state index contributed by atoms with van der Waals surface area (Å²) in [5.74, 6) is 0.0700. The number of aromatic hydroxyl groups is 1. The summed E-state index contributed by atoms with van der Waals surface area (Å²) < 4.78 is 0. The van der Waals surface area contributed by atoms with E-state index < -0.39 is 6.04 Å². The molecule has 0 spiro atoms. The van der Waals surface area contributed by atoms with Gasteiger partial charge in [0.15, 0.2) is 0 Å². The average molecular weight is 411 g/mol. The van der Waals surface area contributed by atoms with Crippen LogP contribution in [0.4, 0.5) is 5.69 Å². The molecule has 4 aromatic rings. The minimum absolute atomic E-state index is 0.0970. The minimum Gasteiger partial charge on any atom is -0.508 e. The number of hydrogen-bond donors (Lipinski definition) is 2. The molecule has 2 N–H and O–H groups in total. The Morgan fingerprint density at radius 1 is 0.871 bits per heavy atom. The maximum atomic E-state index is 13.0. The van der Waals surface area contributed by atoms with E-state index in [0.29, 0.717) is 5.56 Å². The molecule has 1 amide bonds. The summed E-state index contributed by atoms with van der Waals surface area (Å²) in [7, 11) is 3.98. The van der Waals surface area contributed by atoms with Crippen molar-refractivity contribution in [1.82, 2.24) is 5.32 Å². The van der Waals surface area contributed by atoms with Crippen molar-refractivity contribution in [3.63, 3.8) is 0 Å². The van der Waals surface area contributed by atoms with Gasteiger partial charge in [0.05, 0.1) is 12.5 Å². The van der Waals surface area contributed by atoms with Crippen LogP contribution in [0.25, 0.3) is 10.8 Å². The van der Waals surface area contributed by atoms with E-state index in [-0.39, 0.29) is 18.1 Å². The lowest BCUT2D eigenvalue weighted by Crippen LogP contribution is -2.30. The van der Waals surface area contributed by atoms with Crippen LogP contribution in [0.15, 0.2) is 91.0 Å². The first-order valence-corrected chi connectivity index (χ1v) is 10.3. The lowest BCUT2D eigenvalue weighted by Gasteiger charge is -2.23. The number of benzene rings is 4. The molecule has 4 nitrogen and oxygen atoms in total. The highest BCUT2D eigenvalue weighted by atomic mass is 16.3. The molecule has 1 atom stereocenters. The lowest BCUT2D eigenvalue weighted by atomic mass is 9.92. The molecule has 4 rings (SSSR count). The molecular weight excluding hydrogens is 384 g/mol. The number of phenolic OH excluding ortho intramolecular Hbond substituents is 1. The molecule has 0 fully saturated rings. The largest absolute Gasteiger partial charge is 0.508 e. The number of carbonyl (C=O) groups is 1. The quantitative estimate of drug-likeness (QED) is 0.467. The molecule has 0 aliphatic rings. The SMILES string of the molecule is CN(C)c1ccc(C(NC(=O)Cc2ccccc2)c2c(O)ccc3ccccc23)cc1. The first-order chi connectivity index (χ1) is 15.0. The predicted octanol–water partition coefficient (Wildman–Crippen LogP) is 5.06. The number of nitrogens with zero attached hydrogens (tertiary/aromatic N) is 1. The van der Waals surface area contributed by atoms with Crippen LogP contribution in [0, 0.1) is 0 Å². The van der Waals surface area contributed by atoms with Gasteiger partial charge in [-0.1, -0.05) is 72.8 Å². The molecule has 0 saturated heterocycles. The molecule has 0 aliphatic heterocycles. The molecule has 0 aliphatic carbocycles. The van der Waals surface area contributed by atoms with Gasteiger partial charge < -0.3 is 15.3 Å². The van der Waals surface area contributed by atoms with Crippen molar-refractivity contribution in [3.05, 3.63) is 108 Å². The van der Waals surface area contributed by atoms with E-state index in [9.17, 15) is 9.90 Å². The van der Waals surface area contributed by atoms with Crippen molar-refractivity contribution in [3.8, 4) is 5.75 Å². The summed E-state index contributed by atoms with van der Waals surface area (Å²) in [4.78, 5) is 15.0. The number of rotatable bonds is 6. The average Bonchev–Trinajstić information content (AvgIpc) is 2.78. The van der Waals surface area contributed by atoms with Gasteiger partial charge in [-0.05, 0) is 40.1 Å². The van der Waals surface area contributed by atoms with Gasteiger partial charge in [0.1, 0.15) is 5.75 Å². The van der Waals surface area contributed by atoms with Crippen LogP contribution in [-0.4, -0.2) is 25.1 Å². The van der Waals surface area contributed by atoms with Gasteiger partial charge in [0, 0.05) is 25.3 Å². The molecule has 4 heteroatoms. The van der Waals surface area contributed by atoms with Crippen molar-refractivity contribution < 1.29 is 9.90 Å². The zero-order chi connectivity index (χ0) is 21.8. The van der Waals surface area contributed by atoms with Gasteiger partial charge in [-0.3, -0.25) is 4.79 Å². The molecule has 1 unspecified atom stereocenters. The van der Waals surface area contributed by atoms with Crippen LogP contribution in [0.5, 0.6) is 5.75 Å². The fraction of sp³-hybridized carbons (Fsp3) is 0.148. The van der Waals surface area contributed by atoms with Gasteiger partial charge >= 0.3 is 0 Å². The normalized spacial score (nSPS) is 11.8. The van der Waals surface area contributed by atoms with Gasteiger partial charge in [-0.25, -0.2) is 0 Å². The molecule has 0 heterocycles. The Kier molecular flexibility index (Phi) is 5.89. The van der Waals surface area contributed by atoms with Gasteiger partial charge in [0.25, 0.3) is 0 Å². The maximum absolute atomic E-state index is 13.0. The van der Waals surface area contributed by atoms with E-state index in [4.69, 9.17) is 0 Å². The van der Waals surface area contributed by atoms with Crippen molar-refractivity contribution >= 4 is 22.4 Å². The molecule has 31 heavy (non-hydrogen) atoms. The van der Waals surface area contributed by atoms with Crippen molar-refractivity contribution in [2.24, 2.45) is 0 Å². The number of carbonyl (C=O) groups excluding carboxylic acids is 1. The topological polar surface area (TPSA) is 52.6 Å². The van der Waals surface area contributed by atoms with Crippen molar-refractivity contribution in [1.29, 1.82) is 0 Å². The molecule has 0 radical (unpaired) electrons. The second kappa shape index (κ2) is 8.92. The van der Waals surface area contributed by atoms with Crippen LogP contribution in [0.2, 0.25) is 0 Å². The van der Waals surface area contributed by atoms with E-state index in [1.54, 1.807) is 6.07 Å². The summed E-state index contributed by atoms with van der Waals surface area (Å²) in [6.07, 6.45) is 0.276. The molecule has 4 aromatic carbocycles. The van der Waals surface area contributed by atoms with Crippen LogP contribution >= 0.6 is 0 Å². The Labute approximate surface area is 182 Å². The molecule has 0 aromatic heterocycles. The Hall–Kier alpha value is -3.79. The summed E-state index contributed by atoms with van der Waals surface area (Å²) in [6.45, 7) is 0. The zero-order valence-corrected chi connectivity index (χ0v) is 17.7. The summed E-state index contributed by atoms with van der Waals surface area (Å²) in [6, 6.07) is 28.7. The number of hydrogen-bond acceptors (Lipinski definition) is 3. The van der Waals surface area contributed by atoms with E-state index in [2.05, 4.69) is 5.32 Å². The smallest absolute Gasteiger partial charge is 0.225 e. The highest BCUT2D eigenvalue weighted by molar-refractivity contribution is 5.89. The van der Waals surface area contributed by atoms with E-state index in [1.165, 1.54) is 0 Å². The molecule has 0 saturated carbocycles. The Bertz CT molecular complexity index is 1190. The van der Waals surface area contributed by atoms with E-state index in [1.807, 2.05) is 104 Å². The predicted molar refractivity (Wildman–Crippen MR) is 127 cm³/mol. The highest BCUT2D eigenvalue weighted by Crippen LogP contribution is 2.36. The number of anilines is 1. The fourth-order valence-electron chi connectivity index (χ4n) is 3.87. The standard InChI is InChI=1S/C27H26N2O2/c1-29(2)22-15-12-21(13-16-22)27(28-25(31)18-19-8-4-3-5-9-19)26-23-11-7-6-10-20(23)14-17-24(26)30/h3-17,27,30H,18H2,1-2H3,(H,28,31). The first-order valence-electron chi connectivity index (χ1n) is 10.3. The second-order valence-electron chi connectivity index (χ2n) is 7.87.